The maximum atomic E-state index is 5.71. The summed E-state index contributed by atoms with van der Waals surface area (Å²) in [6.45, 7) is 5.03. The molecule has 0 fully saturated rings. The molecule has 0 aromatic heterocycles. The van der Waals surface area contributed by atoms with Crippen molar-refractivity contribution in [2.45, 2.75) is 52.4 Å². The molecule has 15 heavy (non-hydrogen) atoms. The van der Waals surface area contributed by atoms with Gasteiger partial charge in [-0.3, -0.25) is 0 Å². The Morgan fingerprint density at radius 3 is 1.93 bits per heavy atom. The summed E-state index contributed by atoms with van der Waals surface area (Å²) in [6.07, 6.45) is 7.31. The first-order valence-corrected chi connectivity index (χ1v) is 10.2. The van der Waals surface area contributed by atoms with Crippen LogP contribution in [0.15, 0.2) is 0 Å². The van der Waals surface area contributed by atoms with Crippen molar-refractivity contribution in [2.24, 2.45) is 5.92 Å². The number of hydrogen-bond donors (Lipinski definition) is 0. The van der Waals surface area contributed by atoms with Crippen LogP contribution in [0.1, 0.15) is 52.4 Å². The molecule has 0 spiro atoms. The third kappa shape index (κ3) is 11.5. The van der Waals surface area contributed by atoms with E-state index in [1.54, 1.807) is 0 Å². The van der Waals surface area contributed by atoms with Gasteiger partial charge >= 0.3 is 0 Å². The van der Waals surface area contributed by atoms with E-state index in [1.165, 1.54) is 38.5 Å². The van der Waals surface area contributed by atoms with Crippen LogP contribution in [0.25, 0.3) is 0 Å². The highest BCUT2D eigenvalue weighted by Gasteiger charge is 2.14. The van der Waals surface area contributed by atoms with Crippen LogP contribution in [-0.2, 0) is 16.3 Å². The Bertz CT molecular complexity index is 188. The van der Waals surface area contributed by atoms with Gasteiger partial charge in [0.2, 0.25) is 4.97 Å². The summed E-state index contributed by atoms with van der Waals surface area (Å²) >= 11 is 16.3. The van der Waals surface area contributed by atoms with Gasteiger partial charge in [0.05, 0.1) is 6.61 Å². The molecule has 0 aliphatic rings. The molecule has 0 atom stereocenters. The molecule has 0 bridgehead atoms. The molecule has 0 aromatic rings. The second-order valence-electron chi connectivity index (χ2n) is 3.86. The summed E-state index contributed by atoms with van der Waals surface area (Å²) in [7, 11) is 0. The van der Waals surface area contributed by atoms with Crippen molar-refractivity contribution >= 4 is 39.3 Å². The quantitative estimate of drug-likeness (QED) is 0.504. The third-order valence-corrected chi connectivity index (χ3v) is 3.74. The highest BCUT2D eigenvalue weighted by Crippen LogP contribution is 2.58. The molecule has 0 aromatic carbocycles. The summed E-state index contributed by atoms with van der Waals surface area (Å²) in [5, 5.41) is 0. The lowest BCUT2D eigenvalue weighted by Crippen LogP contribution is -2.07. The van der Waals surface area contributed by atoms with Crippen molar-refractivity contribution in [2.75, 3.05) is 6.61 Å². The summed E-state index contributed by atoms with van der Waals surface area (Å²) in [5.74, 6) is 0.574. The summed E-state index contributed by atoms with van der Waals surface area (Å²) in [5.41, 5.74) is 0. The molecular weight excluding hydrogens is 270 g/mol. The minimum Gasteiger partial charge on any atom is -0.327 e. The Morgan fingerprint density at radius 2 is 1.60 bits per heavy atom. The maximum absolute atomic E-state index is 5.71. The Kier molecular flexibility index (Phi) is 9.98. The zero-order valence-corrected chi connectivity index (χ0v) is 12.8. The third-order valence-electron chi connectivity index (χ3n) is 2.39. The van der Waals surface area contributed by atoms with Gasteiger partial charge in [0, 0.05) is 0 Å². The molecule has 5 heteroatoms. The predicted octanol–water partition coefficient (Wildman–Crippen LogP) is 5.70. The van der Waals surface area contributed by atoms with E-state index in [9.17, 15) is 0 Å². The van der Waals surface area contributed by atoms with Crippen LogP contribution in [0, 0.1) is 5.92 Å². The van der Waals surface area contributed by atoms with E-state index < -0.39 is 4.97 Å². The van der Waals surface area contributed by atoms with Gasteiger partial charge in [-0.15, -0.1) is 0 Å². The molecule has 0 saturated heterocycles. The fourth-order valence-electron chi connectivity index (χ4n) is 1.49. The average molecular weight is 291 g/mol. The van der Waals surface area contributed by atoms with E-state index in [0.29, 0.717) is 12.5 Å². The molecule has 0 unspecified atom stereocenters. The minimum absolute atomic E-state index is 0.574. The molecular formula is C10H21Cl2OPS. The Balaban J connectivity index is 3.83. The number of hydrogen-bond acceptors (Lipinski definition) is 2. The standard InChI is InChI=1S/C10H21Cl2OPS/c1-3-5-7-10(8-6-4-2)9-13-14(11,12)15/h10H,3-9H2,1-2H3. The molecule has 0 radical (unpaired) electrons. The molecule has 0 aliphatic heterocycles. The topological polar surface area (TPSA) is 9.23 Å². The van der Waals surface area contributed by atoms with Crippen molar-refractivity contribution in [3.63, 3.8) is 0 Å². The van der Waals surface area contributed by atoms with Gasteiger partial charge in [-0.2, -0.15) is 0 Å². The highest BCUT2D eigenvalue weighted by molar-refractivity contribution is 8.36. The summed E-state index contributed by atoms with van der Waals surface area (Å²) in [6, 6.07) is 0. The molecule has 0 aliphatic carbocycles. The predicted molar refractivity (Wildman–Crippen MR) is 74.5 cm³/mol. The zero-order valence-electron chi connectivity index (χ0n) is 9.55. The normalized spacial score (nSPS) is 12.3. The fraction of sp³-hybridized carbons (Fsp3) is 1.00. The molecule has 0 rings (SSSR count). The Hall–Kier alpha value is 1.19. The van der Waals surface area contributed by atoms with Gasteiger partial charge in [-0.05, 0) is 53.0 Å². The van der Waals surface area contributed by atoms with Crippen LogP contribution >= 0.6 is 27.5 Å². The largest absolute Gasteiger partial charge is 0.327 e. The molecule has 0 N–H and O–H groups in total. The van der Waals surface area contributed by atoms with Gasteiger partial charge in [-0.1, -0.05) is 39.5 Å². The maximum Gasteiger partial charge on any atom is 0.240 e. The van der Waals surface area contributed by atoms with Gasteiger partial charge < -0.3 is 4.52 Å². The summed E-state index contributed by atoms with van der Waals surface area (Å²) in [4.78, 5) is -2.51. The number of rotatable bonds is 9. The van der Waals surface area contributed by atoms with Crippen molar-refractivity contribution in [1.82, 2.24) is 0 Å². The van der Waals surface area contributed by atoms with Crippen LogP contribution in [0.3, 0.4) is 0 Å². The molecule has 1 nitrogen and oxygen atoms in total. The molecule has 92 valence electrons. The second kappa shape index (κ2) is 9.24. The van der Waals surface area contributed by atoms with Crippen molar-refractivity contribution < 1.29 is 4.52 Å². The first kappa shape index (κ1) is 16.2. The highest BCUT2D eigenvalue weighted by atomic mass is 35.9. The van der Waals surface area contributed by atoms with Crippen LogP contribution in [0.4, 0.5) is 0 Å². The van der Waals surface area contributed by atoms with Gasteiger partial charge in [0.25, 0.3) is 0 Å². The van der Waals surface area contributed by atoms with Gasteiger partial charge in [-0.25, -0.2) is 0 Å². The average Bonchev–Trinajstić information content (AvgIpc) is 2.15. The van der Waals surface area contributed by atoms with E-state index in [2.05, 4.69) is 13.8 Å². The first-order chi connectivity index (χ1) is 6.99. The van der Waals surface area contributed by atoms with E-state index in [1.807, 2.05) is 0 Å². The SMILES string of the molecule is CCCCC(CCCC)COP(=S)(Cl)Cl. The number of halogens is 2. The molecule has 0 heterocycles. The van der Waals surface area contributed by atoms with E-state index in [-0.39, 0.29) is 0 Å². The Morgan fingerprint density at radius 1 is 1.13 bits per heavy atom. The van der Waals surface area contributed by atoms with Crippen LogP contribution in [0.2, 0.25) is 0 Å². The fourth-order valence-corrected chi connectivity index (χ4v) is 2.39. The van der Waals surface area contributed by atoms with Crippen LogP contribution in [0.5, 0.6) is 0 Å². The molecule has 0 saturated carbocycles. The monoisotopic (exact) mass is 290 g/mol. The lowest BCUT2D eigenvalue weighted by Gasteiger charge is -2.17. The van der Waals surface area contributed by atoms with Crippen molar-refractivity contribution in [1.29, 1.82) is 0 Å². The van der Waals surface area contributed by atoms with Crippen molar-refractivity contribution in [3.8, 4) is 0 Å². The van der Waals surface area contributed by atoms with Gasteiger partial charge in [0.15, 0.2) is 0 Å². The summed E-state index contributed by atoms with van der Waals surface area (Å²) < 4.78 is 5.34. The zero-order chi connectivity index (χ0) is 11.7. The minimum atomic E-state index is -2.51. The van der Waals surface area contributed by atoms with Crippen LogP contribution in [-0.4, -0.2) is 6.61 Å². The number of unbranched alkanes of at least 4 members (excludes halogenated alkanes) is 2. The smallest absolute Gasteiger partial charge is 0.240 e. The lowest BCUT2D eigenvalue weighted by molar-refractivity contribution is 0.251. The van der Waals surface area contributed by atoms with E-state index >= 15 is 0 Å². The second-order valence-corrected chi connectivity index (χ2v) is 11.1. The lowest BCUT2D eigenvalue weighted by atomic mass is 9.97. The molecule has 0 amide bonds. The van der Waals surface area contributed by atoms with E-state index in [4.69, 9.17) is 38.8 Å². The van der Waals surface area contributed by atoms with Gasteiger partial charge in [0.1, 0.15) is 0 Å². The van der Waals surface area contributed by atoms with Crippen molar-refractivity contribution in [3.05, 3.63) is 0 Å². The van der Waals surface area contributed by atoms with E-state index in [0.717, 1.165) is 0 Å². The van der Waals surface area contributed by atoms with Crippen LogP contribution < -0.4 is 0 Å². The Labute approximate surface area is 109 Å². The first-order valence-electron chi connectivity index (χ1n) is 5.63.